The van der Waals surface area contributed by atoms with E-state index in [1.54, 1.807) is 0 Å². The second-order valence-corrected chi connectivity index (χ2v) is 4.44. The highest BCUT2D eigenvalue weighted by molar-refractivity contribution is 7.71. The van der Waals surface area contributed by atoms with Crippen LogP contribution in [0.2, 0.25) is 0 Å². The van der Waals surface area contributed by atoms with E-state index < -0.39 is 5.56 Å². The van der Waals surface area contributed by atoms with Crippen molar-refractivity contribution in [2.75, 3.05) is 0 Å². The maximum absolute atomic E-state index is 11.5. The van der Waals surface area contributed by atoms with Gasteiger partial charge in [0.2, 0.25) is 11.0 Å². The Bertz CT molecular complexity index is 683. The van der Waals surface area contributed by atoms with Crippen molar-refractivity contribution >= 4 is 34.9 Å². The standard InChI is InChI=1S/C9H8N4O2S2/c1-4-3-17-9(11-4)10-2-5-6(14)12-8(16)13-7(5)15/h2-3H,1H3,(H3,12,13,14,15,16). The van der Waals surface area contributed by atoms with Gasteiger partial charge in [0.05, 0.1) is 5.69 Å². The van der Waals surface area contributed by atoms with Crippen LogP contribution in [0.3, 0.4) is 0 Å². The lowest BCUT2D eigenvalue weighted by Gasteiger charge is -1.95. The average Bonchev–Trinajstić information content (AvgIpc) is 2.62. The third-order valence-corrected chi connectivity index (χ3v) is 2.94. The van der Waals surface area contributed by atoms with Crippen molar-refractivity contribution in [1.82, 2.24) is 15.0 Å². The highest BCUT2D eigenvalue weighted by Gasteiger charge is 2.04. The summed E-state index contributed by atoms with van der Waals surface area (Å²) in [5.74, 6) is -0.309. The van der Waals surface area contributed by atoms with Crippen molar-refractivity contribution in [2.24, 2.45) is 4.99 Å². The molecule has 0 saturated carbocycles. The van der Waals surface area contributed by atoms with Gasteiger partial charge in [-0.25, -0.2) is 9.98 Å². The van der Waals surface area contributed by atoms with Crippen molar-refractivity contribution in [3.8, 4) is 5.88 Å². The molecule has 3 N–H and O–H groups in total. The van der Waals surface area contributed by atoms with Crippen molar-refractivity contribution in [3.63, 3.8) is 0 Å². The molecule has 17 heavy (non-hydrogen) atoms. The predicted octanol–water partition coefficient (Wildman–Crippen LogP) is 1.65. The molecule has 0 aromatic carbocycles. The molecule has 0 bridgehead atoms. The van der Waals surface area contributed by atoms with Gasteiger partial charge in [0, 0.05) is 11.6 Å². The summed E-state index contributed by atoms with van der Waals surface area (Å²) in [4.78, 5) is 24.4. The van der Waals surface area contributed by atoms with Crippen LogP contribution in [0.5, 0.6) is 5.88 Å². The van der Waals surface area contributed by atoms with Crippen LogP contribution in [-0.2, 0) is 0 Å². The maximum Gasteiger partial charge on any atom is 0.264 e. The van der Waals surface area contributed by atoms with Crippen LogP contribution in [0.25, 0.3) is 0 Å². The van der Waals surface area contributed by atoms with E-state index in [1.165, 1.54) is 17.6 Å². The summed E-state index contributed by atoms with van der Waals surface area (Å²) >= 11 is 6.05. The Morgan fingerprint density at radius 3 is 2.94 bits per heavy atom. The summed E-state index contributed by atoms with van der Waals surface area (Å²) < 4.78 is 0.0646. The molecule has 0 spiro atoms. The normalized spacial score (nSPS) is 11.1. The smallest absolute Gasteiger partial charge is 0.264 e. The van der Waals surface area contributed by atoms with E-state index in [1.807, 2.05) is 12.3 Å². The number of hydrogen-bond donors (Lipinski definition) is 3. The first-order valence-corrected chi connectivity index (χ1v) is 5.87. The molecule has 0 aliphatic heterocycles. The van der Waals surface area contributed by atoms with E-state index in [4.69, 9.17) is 12.2 Å². The van der Waals surface area contributed by atoms with E-state index in [0.29, 0.717) is 5.13 Å². The van der Waals surface area contributed by atoms with Crippen LogP contribution in [0.4, 0.5) is 5.13 Å². The number of thiazole rings is 1. The van der Waals surface area contributed by atoms with Crippen LogP contribution in [-0.4, -0.2) is 26.3 Å². The highest BCUT2D eigenvalue weighted by Crippen LogP contribution is 2.18. The molecule has 0 aliphatic carbocycles. The van der Waals surface area contributed by atoms with Gasteiger partial charge in [-0.15, -0.1) is 11.3 Å². The zero-order valence-corrected chi connectivity index (χ0v) is 10.4. The van der Waals surface area contributed by atoms with Gasteiger partial charge in [0.1, 0.15) is 5.56 Å². The molecule has 0 unspecified atom stereocenters. The molecule has 0 amide bonds. The summed E-state index contributed by atoms with van der Waals surface area (Å²) in [7, 11) is 0. The second-order valence-electron chi connectivity index (χ2n) is 3.20. The lowest BCUT2D eigenvalue weighted by atomic mass is 10.3. The third kappa shape index (κ3) is 2.66. The molecule has 88 valence electrons. The van der Waals surface area contributed by atoms with E-state index in [-0.39, 0.29) is 16.2 Å². The zero-order chi connectivity index (χ0) is 12.4. The number of aromatic hydroxyl groups is 1. The maximum atomic E-state index is 11.5. The highest BCUT2D eigenvalue weighted by atomic mass is 32.1. The van der Waals surface area contributed by atoms with Crippen LogP contribution in [0, 0.1) is 11.7 Å². The minimum Gasteiger partial charge on any atom is -0.494 e. The quantitative estimate of drug-likeness (QED) is 0.570. The summed E-state index contributed by atoms with van der Waals surface area (Å²) in [6.45, 7) is 1.85. The average molecular weight is 268 g/mol. The largest absolute Gasteiger partial charge is 0.494 e. The Kier molecular flexibility index (Phi) is 3.16. The van der Waals surface area contributed by atoms with Crippen LogP contribution < -0.4 is 5.56 Å². The molecule has 6 nitrogen and oxygen atoms in total. The number of aliphatic imine (C=N–C) groups is 1. The fourth-order valence-electron chi connectivity index (χ4n) is 1.12. The van der Waals surface area contributed by atoms with E-state index in [0.717, 1.165) is 5.69 Å². The van der Waals surface area contributed by atoms with E-state index >= 15 is 0 Å². The van der Waals surface area contributed by atoms with Gasteiger partial charge < -0.3 is 10.1 Å². The first-order valence-electron chi connectivity index (χ1n) is 4.58. The van der Waals surface area contributed by atoms with Crippen molar-refractivity contribution in [3.05, 3.63) is 31.8 Å². The van der Waals surface area contributed by atoms with Gasteiger partial charge in [-0.2, -0.15) is 0 Å². The molecular weight excluding hydrogens is 260 g/mol. The molecule has 8 heteroatoms. The SMILES string of the molecule is Cc1csc(N=Cc2c(O)[nH]c(=S)[nH]c2=O)n1. The summed E-state index contributed by atoms with van der Waals surface area (Å²) in [5.41, 5.74) is 0.377. The molecule has 2 rings (SSSR count). The molecule has 0 atom stereocenters. The van der Waals surface area contributed by atoms with E-state index in [9.17, 15) is 9.90 Å². The summed E-state index contributed by atoms with van der Waals surface area (Å²) in [6.07, 6.45) is 1.25. The van der Waals surface area contributed by atoms with Gasteiger partial charge in [-0.3, -0.25) is 9.78 Å². The summed E-state index contributed by atoms with van der Waals surface area (Å²) in [5, 5.41) is 11.9. The number of H-pyrrole nitrogens is 2. The van der Waals surface area contributed by atoms with Crippen molar-refractivity contribution in [2.45, 2.75) is 6.92 Å². The number of aromatic nitrogens is 3. The minimum atomic E-state index is -0.497. The first kappa shape index (κ1) is 11.7. The number of aryl methyl sites for hydroxylation is 1. The Morgan fingerprint density at radius 1 is 1.59 bits per heavy atom. The molecule has 2 aromatic heterocycles. The third-order valence-electron chi connectivity index (χ3n) is 1.87. The van der Waals surface area contributed by atoms with E-state index in [2.05, 4.69) is 19.9 Å². The van der Waals surface area contributed by atoms with Gasteiger partial charge >= 0.3 is 0 Å². The number of rotatable bonds is 2. The van der Waals surface area contributed by atoms with Crippen molar-refractivity contribution in [1.29, 1.82) is 0 Å². The summed E-state index contributed by atoms with van der Waals surface area (Å²) in [6, 6.07) is 0. The first-order chi connectivity index (χ1) is 8.06. The van der Waals surface area contributed by atoms with Gasteiger partial charge in [0.15, 0.2) is 4.77 Å². The topological polar surface area (TPSA) is 94.1 Å². The number of hydrogen-bond acceptors (Lipinski definition) is 6. The zero-order valence-electron chi connectivity index (χ0n) is 8.72. The number of nitrogens with zero attached hydrogens (tertiary/aromatic N) is 2. The van der Waals surface area contributed by atoms with Crippen LogP contribution in [0.1, 0.15) is 11.3 Å². The molecule has 0 aliphatic rings. The van der Waals surface area contributed by atoms with Gasteiger partial charge in [-0.1, -0.05) is 0 Å². The molecule has 0 saturated heterocycles. The molecular formula is C9H8N4O2S2. The van der Waals surface area contributed by atoms with Gasteiger partial charge in [-0.05, 0) is 19.1 Å². The fraction of sp³-hybridized carbons (Fsp3) is 0.111. The number of aromatic amines is 2. The Balaban J connectivity index is 2.40. The molecule has 2 heterocycles. The fourth-order valence-corrected chi connectivity index (χ4v) is 1.95. The van der Waals surface area contributed by atoms with Gasteiger partial charge in [0.25, 0.3) is 5.56 Å². The minimum absolute atomic E-state index is 0.0199. The van der Waals surface area contributed by atoms with Crippen LogP contribution >= 0.6 is 23.6 Å². The Labute approximate surface area is 105 Å². The molecule has 2 aromatic rings. The van der Waals surface area contributed by atoms with Crippen LogP contribution in [0.15, 0.2) is 15.2 Å². The molecule has 0 radical (unpaired) electrons. The lowest BCUT2D eigenvalue weighted by Crippen LogP contribution is -2.13. The number of nitrogens with one attached hydrogen (secondary N) is 2. The Hall–Kier alpha value is -1.80. The van der Waals surface area contributed by atoms with Crippen molar-refractivity contribution < 1.29 is 5.11 Å². The predicted molar refractivity (Wildman–Crippen MR) is 68.0 cm³/mol. The molecule has 0 fully saturated rings. The Morgan fingerprint density at radius 2 is 2.35 bits per heavy atom. The monoisotopic (exact) mass is 268 g/mol. The second kappa shape index (κ2) is 4.60. The lowest BCUT2D eigenvalue weighted by molar-refractivity contribution is 0.449.